The molecule has 4 heterocycles. The summed E-state index contributed by atoms with van der Waals surface area (Å²) >= 11 is 2.87. The van der Waals surface area contributed by atoms with E-state index < -0.39 is 53.1 Å². The molecule has 5 amide bonds. The lowest BCUT2D eigenvalue weighted by atomic mass is 9.85. The van der Waals surface area contributed by atoms with E-state index in [1.54, 1.807) is 32.5 Å². The lowest BCUT2D eigenvalue weighted by molar-refractivity contribution is -0.145. The molecule has 2 aromatic carbocycles. The number of fused-ring (bicyclic) bond motifs is 1. The van der Waals surface area contributed by atoms with Crippen LogP contribution in [-0.4, -0.2) is 97.8 Å². The Balaban J connectivity index is 0.852. The Morgan fingerprint density at radius 1 is 0.943 bits per heavy atom. The van der Waals surface area contributed by atoms with Crippen molar-refractivity contribution in [2.45, 2.75) is 142 Å². The minimum Gasteiger partial charge on any atom is -0.493 e. The van der Waals surface area contributed by atoms with E-state index >= 15 is 0 Å². The number of nitrogens with zero attached hydrogens (tertiary/aromatic N) is 4. The number of hydrogen-bond donors (Lipinski definition) is 5. The van der Waals surface area contributed by atoms with Crippen molar-refractivity contribution in [1.82, 2.24) is 30.5 Å². The summed E-state index contributed by atoms with van der Waals surface area (Å²) in [5.41, 5.74) is 5.11. The Labute approximate surface area is 414 Å². The van der Waals surface area contributed by atoms with Crippen LogP contribution >= 0.6 is 22.7 Å². The van der Waals surface area contributed by atoms with Crippen LogP contribution in [0.5, 0.6) is 5.75 Å². The van der Waals surface area contributed by atoms with E-state index in [0.29, 0.717) is 40.7 Å². The SMILES string of the molecule is Cc1ncc(-c2ccc3nc(NC(=O)CCCCOc4cc(-c5scnc5C)ccc4CNC(=O)[C@@H]4C[C@@H](O)CN4C(=O)[C@@H](NC(=O)C4(F)CC4)C(C)(C)C)sc3c2)cc1NC(=O)OC1CCCCC1. The topological polar surface area (TPSA) is 214 Å². The number of nitrogens with one attached hydrogen (secondary N) is 4. The van der Waals surface area contributed by atoms with Gasteiger partial charge in [-0.15, -0.1) is 11.3 Å². The Bertz CT molecular complexity index is 2750. The second kappa shape index (κ2) is 21.5. The summed E-state index contributed by atoms with van der Waals surface area (Å²) in [5, 5.41) is 22.5. The molecule has 1 aliphatic heterocycles. The third-order valence-electron chi connectivity index (χ3n) is 13.1. The lowest BCUT2D eigenvalue weighted by Crippen LogP contribution is -2.59. The third kappa shape index (κ3) is 12.3. The summed E-state index contributed by atoms with van der Waals surface area (Å²) in [5.74, 6) is -1.54. The molecule has 5 N–H and O–H groups in total. The van der Waals surface area contributed by atoms with Gasteiger partial charge >= 0.3 is 6.09 Å². The number of alkyl halides is 1. The number of aliphatic hydroxyl groups excluding tert-OH is 1. The zero-order valence-electron chi connectivity index (χ0n) is 40.2. The molecule has 2 saturated carbocycles. The number of aryl methyl sites for hydroxylation is 2. The van der Waals surface area contributed by atoms with Crippen molar-refractivity contribution in [1.29, 1.82) is 0 Å². The number of pyridine rings is 1. The Morgan fingerprint density at radius 3 is 2.44 bits per heavy atom. The number of thiazole rings is 2. The first-order valence-electron chi connectivity index (χ1n) is 24.0. The Hall–Kier alpha value is -6.05. The number of anilines is 2. The van der Waals surface area contributed by atoms with Crippen LogP contribution in [-0.2, 0) is 30.5 Å². The van der Waals surface area contributed by atoms with E-state index in [0.717, 1.165) is 63.2 Å². The summed E-state index contributed by atoms with van der Waals surface area (Å²) in [6.07, 6.45) is 6.84. The zero-order valence-corrected chi connectivity index (χ0v) is 41.8. The maximum Gasteiger partial charge on any atom is 0.411 e. The maximum absolute atomic E-state index is 14.7. The number of hydrogen-bond acceptors (Lipinski definition) is 13. The number of rotatable bonds is 17. The van der Waals surface area contributed by atoms with Crippen LogP contribution in [0, 0.1) is 19.3 Å². The van der Waals surface area contributed by atoms with Gasteiger partial charge in [0.2, 0.25) is 17.7 Å². The number of ether oxygens (including phenoxy) is 2. The fraction of sp³-hybridized carbons (Fsp3) is 0.490. The van der Waals surface area contributed by atoms with Crippen molar-refractivity contribution in [3.63, 3.8) is 0 Å². The Morgan fingerprint density at radius 2 is 1.71 bits per heavy atom. The van der Waals surface area contributed by atoms with E-state index in [2.05, 4.69) is 36.2 Å². The van der Waals surface area contributed by atoms with Gasteiger partial charge in [0.1, 0.15) is 23.9 Å². The summed E-state index contributed by atoms with van der Waals surface area (Å²) in [7, 11) is 0. The van der Waals surface area contributed by atoms with Crippen molar-refractivity contribution in [2.75, 3.05) is 23.8 Å². The van der Waals surface area contributed by atoms with E-state index in [9.17, 15) is 33.5 Å². The number of unbranched alkanes of at least 4 members (excludes halogenated alkanes) is 1. The highest BCUT2D eigenvalue weighted by Gasteiger charge is 2.53. The van der Waals surface area contributed by atoms with Gasteiger partial charge in [-0.25, -0.2) is 19.2 Å². The number of benzene rings is 2. The van der Waals surface area contributed by atoms with Gasteiger partial charge in [0, 0.05) is 43.3 Å². The van der Waals surface area contributed by atoms with Gasteiger partial charge in [-0.2, -0.15) is 0 Å². The van der Waals surface area contributed by atoms with Crippen molar-refractivity contribution in [3.05, 3.63) is 71.1 Å². The molecule has 372 valence electrons. The van der Waals surface area contributed by atoms with Crippen LogP contribution in [0.4, 0.5) is 20.0 Å². The van der Waals surface area contributed by atoms with Crippen LogP contribution in [0.2, 0.25) is 0 Å². The Kier molecular flexibility index (Phi) is 15.5. The second-order valence-electron chi connectivity index (χ2n) is 19.6. The molecule has 3 atom stereocenters. The molecule has 3 fully saturated rings. The molecule has 5 aromatic rings. The lowest BCUT2D eigenvalue weighted by Gasteiger charge is -2.35. The molecular formula is C51H61FN8O8S2. The van der Waals surface area contributed by atoms with E-state index in [4.69, 9.17) is 9.47 Å². The first-order chi connectivity index (χ1) is 33.4. The average molecular weight is 997 g/mol. The van der Waals surface area contributed by atoms with Crippen LogP contribution in [0.15, 0.2) is 54.2 Å². The quantitative estimate of drug-likeness (QED) is 0.0555. The molecule has 0 unspecified atom stereocenters. The highest BCUT2D eigenvalue weighted by molar-refractivity contribution is 7.22. The van der Waals surface area contributed by atoms with Crippen molar-refractivity contribution >= 4 is 73.4 Å². The molecule has 1 saturated heterocycles. The molecule has 0 bridgehead atoms. The number of β-amino-alcohol motifs (C(OH)–C–C–N with tert-alkyl or cyclic N) is 1. The van der Waals surface area contributed by atoms with Crippen LogP contribution in [0.1, 0.15) is 108 Å². The summed E-state index contributed by atoms with van der Waals surface area (Å²) in [4.78, 5) is 82.1. The molecular weight excluding hydrogens is 936 g/mol. The van der Waals surface area contributed by atoms with Gasteiger partial charge in [0.05, 0.1) is 50.4 Å². The monoisotopic (exact) mass is 996 g/mol. The van der Waals surface area contributed by atoms with Gasteiger partial charge in [-0.05, 0) is 106 Å². The summed E-state index contributed by atoms with van der Waals surface area (Å²) < 4.78 is 27.5. The van der Waals surface area contributed by atoms with Crippen molar-refractivity contribution < 1.29 is 42.9 Å². The fourth-order valence-corrected chi connectivity index (χ4v) is 10.5. The number of amides is 5. The standard InChI is InChI=1S/C51H61FN8O8S2/c1-29-38(57-49(66)68-36-11-7-6-8-12-36)21-34(26-53-29)31-16-17-37-41(23-31)70-48(56-37)58-42(62)13-9-10-20-67-40-22-32(43-30(2)55-28-69-43)14-15-33(40)25-54-45(63)39-24-35(61)27-60(39)46(64)44(50(3,4)5)59-47(65)51(52)18-19-51/h14-17,21-23,26,28,35-36,39,44,61H,6-13,18-20,24-25,27H2,1-5H3,(H,54,63)(H,57,66)(H,59,65)(H,56,58,62)/t35-,39+,44-/m1/s1. The van der Waals surface area contributed by atoms with E-state index in [-0.39, 0.29) is 57.4 Å². The molecule has 19 heteroatoms. The van der Waals surface area contributed by atoms with Gasteiger partial charge in [-0.3, -0.25) is 29.5 Å². The van der Waals surface area contributed by atoms with Gasteiger partial charge in [0.15, 0.2) is 10.8 Å². The number of halogens is 1. The van der Waals surface area contributed by atoms with Crippen LogP contribution in [0.25, 0.3) is 31.8 Å². The largest absolute Gasteiger partial charge is 0.493 e. The molecule has 16 nitrogen and oxygen atoms in total. The van der Waals surface area contributed by atoms with Crippen LogP contribution in [0.3, 0.4) is 0 Å². The van der Waals surface area contributed by atoms with E-state index in [1.165, 1.54) is 34.0 Å². The zero-order chi connectivity index (χ0) is 49.7. The predicted octanol–water partition coefficient (Wildman–Crippen LogP) is 8.78. The average Bonchev–Trinajstić information content (AvgIpc) is 3.57. The van der Waals surface area contributed by atoms with Gasteiger partial charge < -0.3 is 35.4 Å². The van der Waals surface area contributed by atoms with E-state index in [1.807, 2.05) is 56.3 Å². The normalized spacial score (nSPS) is 18.2. The molecule has 70 heavy (non-hydrogen) atoms. The number of aromatic nitrogens is 3. The number of likely N-dealkylation sites (tertiary alicyclic amines) is 1. The predicted molar refractivity (Wildman–Crippen MR) is 267 cm³/mol. The van der Waals surface area contributed by atoms with Crippen molar-refractivity contribution in [2.24, 2.45) is 5.41 Å². The molecule has 8 rings (SSSR count). The minimum atomic E-state index is -1.99. The maximum atomic E-state index is 14.7. The van der Waals surface area contributed by atoms with Gasteiger partial charge in [-0.1, -0.05) is 56.7 Å². The number of carbonyl (C=O) groups is 5. The highest BCUT2D eigenvalue weighted by Crippen LogP contribution is 2.41. The first kappa shape index (κ1) is 50.3. The molecule has 0 spiro atoms. The first-order valence-corrected chi connectivity index (χ1v) is 25.7. The molecule has 0 radical (unpaired) electrons. The van der Waals surface area contributed by atoms with Gasteiger partial charge in [0.25, 0.3) is 5.91 Å². The molecule has 3 aromatic heterocycles. The highest BCUT2D eigenvalue weighted by atomic mass is 32.1. The minimum absolute atomic E-state index is 0.00242. The number of aliphatic hydroxyl groups is 1. The van der Waals surface area contributed by atoms with Crippen LogP contribution < -0.4 is 26.0 Å². The smallest absolute Gasteiger partial charge is 0.411 e. The molecule has 3 aliphatic rings. The fourth-order valence-electron chi connectivity index (χ4n) is 8.77. The number of carbonyl (C=O) groups excluding carboxylic acids is 5. The summed E-state index contributed by atoms with van der Waals surface area (Å²) in [6.45, 7) is 9.25. The van der Waals surface area contributed by atoms with Crippen molar-refractivity contribution in [3.8, 4) is 27.3 Å². The summed E-state index contributed by atoms with van der Waals surface area (Å²) in [6, 6.07) is 11.3. The third-order valence-corrected chi connectivity index (χ3v) is 15.0. The second-order valence-corrected chi connectivity index (χ2v) is 21.5. The molecule has 2 aliphatic carbocycles.